The van der Waals surface area contributed by atoms with Crippen molar-refractivity contribution in [3.05, 3.63) is 29.8 Å². The lowest BCUT2D eigenvalue weighted by atomic mass is 10.2. The predicted octanol–water partition coefficient (Wildman–Crippen LogP) is 0.638. The number of hydrogen-bond acceptors (Lipinski definition) is 2. The first-order valence-electron chi connectivity index (χ1n) is 3.28. The van der Waals surface area contributed by atoms with E-state index in [9.17, 15) is 4.79 Å². The number of rotatable bonds is 3. The molecule has 0 fully saturated rings. The van der Waals surface area contributed by atoms with E-state index in [0.717, 1.165) is 5.56 Å². The van der Waals surface area contributed by atoms with E-state index in [1.807, 2.05) is 0 Å². The van der Waals surface area contributed by atoms with Crippen molar-refractivity contribution in [2.45, 2.75) is 6.54 Å². The van der Waals surface area contributed by atoms with Crippen molar-refractivity contribution in [3.63, 3.8) is 0 Å². The van der Waals surface area contributed by atoms with Crippen molar-refractivity contribution in [3.8, 4) is 5.75 Å². The molecule has 0 bridgehead atoms. The molecule has 1 aromatic rings. The summed E-state index contributed by atoms with van der Waals surface area (Å²) in [6, 6.07) is 6.68. The molecule has 0 aliphatic carbocycles. The fourth-order valence-electron chi connectivity index (χ4n) is 0.773. The van der Waals surface area contributed by atoms with Crippen LogP contribution in [0.2, 0.25) is 0 Å². The highest BCUT2D eigenvalue weighted by Gasteiger charge is 1.90. The number of hydrogen-bond donors (Lipinski definition) is 2. The van der Waals surface area contributed by atoms with Gasteiger partial charge in [-0.3, -0.25) is 4.79 Å². The van der Waals surface area contributed by atoms with E-state index >= 15 is 0 Å². The number of carbonyl (C=O) groups excluding carboxylic acids is 1. The second-order valence-electron chi connectivity index (χ2n) is 2.17. The number of aromatic hydroxyl groups is 1. The lowest BCUT2D eigenvalue weighted by Crippen LogP contribution is -2.09. The lowest BCUT2D eigenvalue weighted by molar-refractivity contribution is -0.109. The van der Waals surface area contributed by atoms with Crippen LogP contribution in [0.5, 0.6) is 5.75 Å². The van der Waals surface area contributed by atoms with E-state index < -0.39 is 0 Å². The Hall–Kier alpha value is -1.51. The minimum Gasteiger partial charge on any atom is -0.508 e. The van der Waals surface area contributed by atoms with E-state index in [2.05, 4.69) is 5.32 Å². The van der Waals surface area contributed by atoms with Crippen LogP contribution in [-0.2, 0) is 11.3 Å². The Labute approximate surface area is 64.7 Å². The number of benzene rings is 1. The normalized spacial score (nSPS) is 9.09. The maximum Gasteiger partial charge on any atom is 0.207 e. The molecule has 0 spiro atoms. The second-order valence-corrected chi connectivity index (χ2v) is 2.17. The summed E-state index contributed by atoms with van der Waals surface area (Å²) in [5, 5.41) is 11.4. The fraction of sp³-hybridized carbons (Fsp3) is 0.125. The minimum atomic E-state index is 0.236. The van der Waals surface area contributed by atoms with Crippen LogP contribution >= 0.6 is 0 Å². The molecule has 0 heterocycles. The molecule has 0 aromatic heterocycles. The Bertz CT molecular complexity index is 230. The summed E-state index contributed by atoms with van der Waals surface area (Å²) in [6.07, 6.45) is 0.646. The van der Waals surface area contributed by atoms with Gasteiger partial charge >= 0.3 is 0 Å². The van der Waals surface area contributed by atoms with Gasteiger partial charge in [-0.15, -0.1) is 0 Å². The summed E-state index contributed by atoms with van der Waals surface area (Å²) in [5.74, 6) is 0.236. The van der Waals surface area contributed by atoms with Crippen molar-refractivity contribution in [1.29, 1.82) is 0 Å². The molecule has 0 atom stereocenters. The van der Waals surface area contributed by atoms with Crippen molar-refractivity contribution in [2.24, 2.45) is 0 Å². The molecule has 11 heavy (non-hydrogen) atoms. The third-order valence-electron chi connectivity index (χ3n) is 1.33. The lowest BCUT2D eigenvalue weighted by Gasteiger charge is -1.98. The topological polar surface area (TPSA) is 49.3 Å². The Balaban J connectivity index is 2.58. The molecule has 0 saturated heterocycles. The van der Waals surface area contributed by atoms with Crippen LogP contribution in [0, 0.1) is 0 Å². The van der Waals surface area contributed by atoms with E-state index in [0.29, 0.717) is 13.0 Å². The molecule has 1 amide bonds. The highest BCUT2D eigenvalue weighted by atomic mass is 16.3. The average Bonchev–Trinajstić information content (AvgIpc) is 2.04. The van der Waals surface area contributed by atoms with Crippen molar-refractivity contribution in [1.82, 2.24) is 5.32 Å². The SMILES string of the molecule is O=CNCc1ccc(O)cc1. The average molecular weight is 151 g/mol. The predicted molar refractivity (Wildman–Crippen MR) is 41.0 cm³/mol. The summed E-state index contributed by atoms with van der Waals surface area (Å²) in [7, 11) is 0. The van der Waals surface area contributed by atoms with Crippen LogP contribution in [0.25, 0.3) is 0 Å². The van der Waals surface area contributed by atoms with Gasteiger partial charge in [-0.05, 0) is 17.7 Å². The largest absolute Gasteiger partial charge is 0.508 e. The molecular formula is C8H9NO2. The summed E-state index contributed by atoms with van der Waals surface area (Å²) < 4.78 is 0. The van der Waals surface area contributed by atoms with Gasteiger partial charge in [0.25, 0.3) is 0 Å². The minimum absolute atomic E-state index is 0.236. The molecular weight excluding hydrogens is 142 g/mol. The van der Waals surface area contributed by atoms with Gasteiger partial charge < -0.3 is 10.4 Å². The Morgan fingerprint density at radius 2 is 2.00 bits per heavy atom. The number of nitrogens with one attached hydrogen (secondary N) is 1. The van der Waals surface area contributed by atoms with Crippen molar-refractivity contribution >= 4 is 6.41 Å². The van der Waals surface area contributed by atoms with Gasteiger partial charge in [0.05, 0.1) is 0 Å². The van der Waals surface area contributed by atoms with Crippen molar-refractivity contribution in [2.75, 3.05) is 0 Å². The molecule has 0 aliphatic heterocycles. The molecule has 0 saturated carbocycles. The molecule has 58 valence electrons. The first-order valence-corrected chi connectivity index (χ1v) is 3.28. The fourth-order valence-corrected chi connectivity index (χ4v) is 0.773. The zero-order chi connectivity index (χ0) is 8.10. The zero-order valence-corrected chi connectivity index (χ0v) is 5.95. The molecule has 3 heteroatoms. The van der Waals surface area contributed by atoms with Gasteiger partial charge in [0.15, 0.2) is 0 Å². The van der Waals surface area contributed by atoms with Crippen LogP contribution in [0.4, 0.5) is 0 Å². The van der Waals surface area contributed by atoms with Gasteiger partial charge in [0, 0.05) is 6.54 Å². The monoisotopic (exact) mass is 151 g/mol. The quantitative estimate of drug-likeness (QED) is 0.623. The van der Waals surface area contributed by atoms with Crippen LogP contribution in [0.1, 0.15) is 5.56 Å². The molecule has 1 aromatic carbocycles. The molecule has 0 aliphatic rings. The smallest absolute Gasteiger partial charge is 0.207 e. The summed E-state index contributed by atoms with van der Waals surface area (Å²) in [5.41, 5.74) is 0.968. The third kappa shape index (κ3) is 2.29. The first-order chi connectivity index (χ1) is 5.33. The van der Waals surface area contributed by atoms with E-state index in [4.69, 9.17) is 5.11 Å². The summed E-state index contributed by atoms with van der Waals surface area (Å²) in [6.45, 7) is 0.504. The standard InChI is InChI=1S/C8H9NO2/c10-6-9-5-7-1-3-8(11)4-2-7/h1-4,6,11H,5H2,(H,9,10). The molecule has 0 unspecified atom stereocenters. The third-order valence-corrected chi connectivity index (χ3v) is 1.33. The first kappa shape index (κ1) is 7.60. The molecule has 0 radical (unpaired) electrons. The number of phenols is 1. The Morgan fingerprint density at radius 3 is 2.55 bits per heavy atom. The molecule has 2 N–H and O–H groups in total. The molecule has 1 rings (SSSR count). The maximum atomic E-state index is 9.88. The zero-order valence-electron chi connectivity index (χ0n) is 5.95. The van der Waals surface area contributed by atoms with Crippen molar-refractivity contribution < 1.29 is 9.90 Å². The Kier molecular flexibility index (Phi) is 2.49. The second kappa shape index (κ2) is 3.61. The highest BCUT2D eigenvalue weighted by Crippen LogP contribution is 2.08. The maximum absolute atomic E-state index is 9.88. The van der Waals surface area contributed by atoms with Gasteiger partial charge in [-0.25, -0.2) is 0 Å². The van der Waals surface area contributed by atoms with Crippen LogP contribution in [-0.4, -0.2) is 11.5 Å². The number of amides is 1. The van der Waals surface area contributed by atoms with E-state index in [1.165, 1.54) is 0 Å². The van der Waals surface area contributed by atoms with Crippen LogP contribution in [0.3, 0.4) is 0 Å². The number of carbonyl (C=O) groups is 1. The van der Waals surface area contributed by atoms with Gasteiger partial charge in [-0.1, -0.05) is 12.1 Å². The van der Waals surface area contributed by atoms with Gasteiger partial charge in [0.2, 0.25) is 6.41 Å². The summed E-state index contributed by atoms with van der Waals surface area (Å²) >= 11 is 0. The number of phenolic OH excluding ortho intramolecular Hbond substituents is 1. The van der Waals surface area contributed by atoms with Crippen LogP contribution in [0.15, 0.2) is 24.3 Å². The van der Waals surface area contributed by atoms with Gasteiger partial charge in [0.1, 0.15) is 5.75 Å². The van der Waals surface area contributed by atoms with E-state index in [1.54, 1.807) is 24.3 Å². The van der Waals surface area contributed by atoms with E-state index in [-0.39, 0.29) is 5.75 Å². The van der Waals surface area contributed by atoms with Gasteiger partial charge in [-0.2, -0.15) is 0 Å². The highest BCUT2D eigenvalue weighted by molar-refractivity contribution is 5.46. The Morgan fingerprint density at radius 1 is 1.36 bits per heavy atom. The summed E-state index contributed by atoms with van der Waals surface area (Å²) in [4.78, 5) is 9.88. The van der Waals surface area contributed by atoms with Crippen LogP contribution < -0.4 is 5.32 Å². The molecule has 3 nitrogen and oxygen atoms in total.